The first-order valence-electron chi connectivity index (χ1n) is 7.86. The highest BCUT2D eigenvalue weighted by Gasteiger charge is 2.14. The lowest BCUT2D eigenvalue weighted by Crippen LogP contribution is -2.36. The lowest BCUT2D eigenvalue weighted by atomic mass is 9.99. The zero-order chi connectivity index (χ0) is 14.4. The van der Waals surface area contributed by atoms with Gasteiger partial charge in [0.2, 0.25) is 0 Å². The van der Waals surface area contributed by atoms with Crippen LogP contribution in [0.5, 0.6) is 5.75 Å². The fourth-order valence-electron chi connectivity index (χ4n) is 2.69. The highest BCUT2D eigenvalue weighted by atomic mass is 16.5. The fraction of sp³-hybridized carbons (Fsp3) is 0.647. The molecule has 3 nitrogen and oxygen atoms in total. The number of ether oxygens (including phenoxy) is 1. The van der Waals surface area contributed by atoms with Crippen molar-refractivity contribution in [3.63, 3.8) is 0 Å². The van der Waals surface area contributed by atoms with Crippen molar-refractivity contribution in [3.05, 3.63) is 29.8 Å². The monoisotopic (exact) mass is 276 g/mol. The first-order chi connectivity index (χ1) is 9.65. The van der Waals surface area contributed by atoms with Crippen LogP contribution < -0.4 is 15.4 Å². The van der Waals surface area contributed by atoms with Gasteiger partial charge < -0.3 is 15.4 Å². The number of hydrogen-bond donors (Lipinski definition) is 2. The molecule has 1 fully saturated rings. The lowest BCUT2D eigenvalue weighted by molar-refractivity contribution is 0.242. The Balaban J connectivity index is 1.86. The van der Waals surface area contributed by atoms with Crippen molar-refractivity contribution < 1.29 is 4.74 Å². The van der Waals surface area contributed by atoms with Gasteiger partial charge in [-0.2, -0.15) is 0 Å². The van der Waals surface area contributed by atoms with Crippen LogP contribution in [-0.2, 0) is 0 Å². The standard InChI is InChI=1S/C17H28N2O/c1-13(2)20-17-8-4-7-16(10-17)14(3)19-12-15-6-5-9-18-11-15/h4,7-8,10,13-15,18-19H,5-6,9,11-12H2,1-3H3. The molecule has 1 aromatic rings. The first-order valence-corrected chi connectivity index (χ1v) is 7.86. The molecule has 0 aliphatic carbocycles. The summed E-state index contributed by atoms with van der Waals surface area (Å²) in [5.74, 6) is 1.73. The van der Waals surface area contributed by atoms with Gasteiger partial charge in [-0.3, -0.25) is 0 Å². The molecule has 1 aromatic carbocycles. The van der Waals surface area contributed by atoms with E-state index in [4.69, 9.17) is 4.74 Å². The van der Waals surface area contributed by atoms with Crippen LogP contribution in [0.4, 0.5) is 0 Å². The molecule has 3 heteroatoms. The maximum atomic E-state index is 5.76. The molecule has 2 atom stereocenters. The van der Waals surface area contributed by atoms with Gasteiger partial charge in [0.15, 0.2) is 0 Å². The van der Waals surface area contributed by atoms with Crippen LogP contribution in [0.15, 0.2) is 24.3 Å². The highest BCUT2D eigenvalue weighted by molar-refractivity contribution is 5.30. The smallest absolute Gasteiger partial charge is 0.120 e. The number of rotatable bonds is 6. The maximum absolute atomic E-state index is 5.76. The van der Waals surface area contributed by atoms with Crippen molar-refractivity contribution >= 4 is 0 Å². The molecule has 0 aromatic heterocycles. The molecule has 2 unspecified atom stereocenters. The predicted molar refractivity (Wildman–Crippen MR) is 84.2 cm³/mol. The quantitative estimate of drug-likeness (QED) is 0.837. The normalized spacial score (nSPS) is 20.9. The molecule has 2 N–H and O–H groups in total. The van der Waals surface area contributed by atoms with Crippen LogP contribution in [0.3, 0.4) is 0 Å². The Hall–Kier alpha value is -1.06. The minimum absolute atomic E-state index is 0.224. The third-order valence-corrected chi connectivity index (χ3v) is 3.84. The van der Waals surface area contributed by atoms with E-state index < -0.39 is 0 Å². The summed E-state index contributed by atoms with van der Waals surface area (Å²) in [4.78, 5) is 0. The van der Waals surface area contributed by atoms with E-state index in [1.54, 1.807) is 0 Å². The van der Waals surface area contributed by atoms with Gasteiger partial charge in [-0.25, -0.2) is 0 Å². The molecular weight excluding hydrogens is 248 g/mol. The minimum Gasteiger partial charge on any atom is -0.491 e. The molecule has 0 amide bonds. The summed E-state index contributed by atoms with van der Waals surface area (Å²) in [6.45, 7) is 9.76. The topological polar surface area (TPSA) is 33.3 Å². The van der Waals surface area contributed by atoms with E-state index in [0.717, 1.165) is 24.8 Å². The van der Waals surface area contributed by atoms with E-state index >= 15 is 0 Å². The number of hydrogen-bond acceptors (Lipinski definition) is 3. The number of nitrogens with one attached hydrogen (secondary N) is 2. The van der Waals surface area contributed by atoms with Gasteiger partial charge in [0.05, 0.1) is 6.10 Å². The molecular formula is C17H28N2O. The van der Waals surface area contributed by atoms with E-state index in [9.17, 15) is 0 Å². The molecule has 1 aliphatic heterocycles. The highest BCUT2D eigenvalue weighted by Crippen LogP contribution is 2.20. The molecule has 0 radical (unpaired) electrons. The molecule has 1 saturated heterocycles. The second-order valence-corrected chi connectivity index (χ2v) is 6.08. The molecule has 2 rings (SSSR count). The summed E-state index contributed by atoms with van der Waals surface area (Å²) in [7, 11) is 0. The summed E-state index contributed by atoms with van der Waals surface area (Å²) in [5.41, 5.74) is 1.30. The summed E-state index contributed by atoms with van der Waals surface area (Å²) < 4.78 is 5.76. The van der Waals surface area contributed by atoms with E-state index in [1.165, 1.54) is 24.9 Å². The Morgan fingerprint density at radius 1 is 1.35 bits per heavy atom. The second kappa shape index (κ2) is 7.65. The Morgan fingerprint density at radius 2 is 2.20 bits per heavy atom. The minimum atomic E-state index is 0.224. The van der Waals surface area contributed by atoms with E-state index in [1.807, 2.05) is 6.07 Å². The van der Waals surface area contributed by atoms with Crippen LogP contribution in [-0.4, -0.2) is 25.7 Å². The van der Waals surface area contributed by atoms with Crippen molar-refractivity contribution in [2.24, 2.45) is 5.92 Å². The SMILES string of the molecule is CC(C)Oc1cccc(C(C)NCC2CCCNC2)c1. The molecule has 20 heavy (non-hydrogen) atoms. The largest absolute Gasteiger partial charge is 0.491 e. The molecule has 112 valence electrons. The molecule has 0 bridgehead atoms. The molecule has 0 spiro atoms. The van der Waals surface area contributed by atoms with E-state index in [0.29, 0.717) is 6.04 Å². The average molecular weight is 276 g/mol. The Morgan fingerprint density at radius 3 is 2.90 bits per heavy atom. The maximum Gasteiger partial charge on any atom is 0.120 e. The van der Waals surface area contributed by atoms with Crippen LogP contribution in [0.1, 0.15) is 45.2 Å². The lowest BCUT2D eigenvalue weighted by Gasteiger charge is -2.25. The van der Waals surface area contributed by atoms with Gasteiger partial charge in [-0.1, -0.05) is 12.1 Å². The molecule has 1 heterocycles. The Bertz CT molecular complexity index is 400. The fourth-order valence-corrected chi connectivity index (χ4v) is 2.69. The third kappa shape index (κ3) is 4.80. The zero-order valence-electron chi connectivity index (χ0n) is 13.0. The summed E-state index contributed by atoms with van der Waals surface area (Å²) in [5, 5.41) is 7.12. The van der Waals surface area contributed by atoms with E-state index in [2.05, 4.69) is 49.6 Å². The third-order valence-electron chi connectivity index (χ3n) is 3.84. The number of piperidine rings is 1. The van der Waals surface area contributed by atoms with Crippen LogP contribution >= 0.6 is 0 Å². The van der Waals surface area contributed by atoms with Gasteiger partial charge >= 0.3 is 0 Å². The van der Waals surface area contributed by atoms with Crippen molar-refractivity contribution in [1.29, 1.82) is 0 Å². The van der Waals surface area contributed by atoms with Crippen molar-refractivity contribution in [2.45, 2.75) is 45.8 Å². The van der Waals surface area contributed by atoms with Gasteiger partial charge in [-0.05, 0) is 76.9 Å². The van der Waals surface area contributed by atoms with Crippen molar-refractivity contribution in [2.75, 3.05) is 19.6 Å². The predicted octanol–water partition coefficient (Wildman–Crippen LogP) is 3.12. The van der Waals surface area contributed by atoms with Crippen LogP contribution in [0, 0.1) is 5.92 Å². The van der Waals surface area contributed by atoms with Gasteiger partial charge in [0.1, 0.15) is 5.75 Å². The second-order valence-electron chi connectivity index (χ2n) is 6.08. The summed E-state index contributed by atoms with van der Waals surface area (Å²) >= 11 is 0. The first kappa shape index (κ1) is 15.3. The average Bonchev–Trinajstić information content (AvgIpc) is 2.45. The zero-order valence-corrected chi connectivity index (χ0v) is 13.0. The van der Waals surface area contributed by atoms with E-state index in [-0.39, 0.29) is 6.10 Å². The van der Waals surface area contributed by atoms with Crippen molar-refractivity contribution in [1.82, 2.24) is 10.6 Å². The molecule has 1 aliphatic rings. The summed E-state index contributed by atoms with van der Waals surface area (Å²) in [6.07, 6.45) is 2.86. The number of benzene rings is 1. The summed E-state index contributed by atoms with van der Waals surface area (Å²) in [6, 6.07) is 8.79. The van der Waals surface area contributed by atoms with Crippen LogP contribution in [0.25, 0.3) is 0 Å². The Kier molecular flexibility index (Phi) is 5.86. The Labute approximate surface area is 123 Å². The van der Waals surface area contributed by atoms with Gasteiger partial charge in [-0.15, -0.1) is 0 Å². The van der Waals surface area contributed by atoms with Gasteiger partial charge in [0.25, 0.3) is 0 Å². The van der Waals surface area contributed by atoms with Crippen LogP contribution in [0.2, 0.25) is 0 Å². The molecule has 0 saturated carbocycles. The van der Waals surface area contributed by atoms with Crippen molar-refractivity contribution in [3.8, 4) is 5.75 Å². The van der Waals surface area contributed by atoms with Gasteiger partial charge in [0, 0.05) is 6.04 Å².